The van der Waals surface area contributed by atoms with E-state index in [9.17, 15) is 9.59 Å². The fourth-order valence-corrected chi connectivity index (χ4v) is 2.55. The van der Waals surface area contributed by atoms with Crippen LogP contribution in [0.2, 0.25) is 0 Å². The second-order valence-corrected chi connectivity index (χ2v) is 6.31. The lowest BCUT2D eigenvalue weighted by molar-refractivity contribution is -0.117. The lowest BCUT2D eigenvalue weighted by Crippen LogP contribution is -2.35. The molecule has 2 N–H and O–H groups in total. The van der Waals surface area contributed by atoms with Crippen LogP contribution in [0, 0.1) is 0 Å². The standard InChI is InChI=1S/C17H19BrN4O3/c1-4-15(23)19-11(2)10-25-16-7-5-6-14(21-16)20-13-8-12(18)9-22(3)17(13)24/h4-9,11H,1,10H2,2-3H3,(H,19,23)(H,20,21)/t11-/m0/s1. The van der Waals surface area contributed by atoms with E-state index >= 15 is 0 Å². The van der Waals surface area contributed by atoms with E-state index in [0.29, 0.717) is 17.4 Å². The van der Waals surface area contributed by atoms with Crippen LogP contribution in [0.1, 0.15) is 6.92 Å². The molecule has 0 aliphatic rings. The predicted octanol–water partition coefficient (Wildman–Crippen LogP) is 2.36. The highest BCUT2D eigenvalue weighted by molar-refractivity contribution is 9.10. The molecule has 0 radical (unpaired) electrons. The van der Waals surface area contributed by atoms with Crippen molar-refractivity contribution in [3.63, 3.8) is 0 Å². The SMILES string of the molecule is C=CC(=O)N[C@@H](C)COc1cccc(Nc2cc(Br)cn(C)c2=O)n1. The van der Waals surface area contributed by atoms with E-state index in [1.165, 1.54) is 10.6 Å². The van der Waals surface area contributed by atoms with Crippen LogP contribution in [-0.4, -0.2) is 28.1 Å². The van der Waals surface area contributed by atoms with Crippen LogP contribution in [0.25, 0.3) is 0 Å². The Bertz CT molecular complexity index is 835. The van der Waals surface area contributed by atoms with Crippen molar-refractivity contribution >= 4 is 33.3 Å². The number of halogens is 1. The third-order valence-corrected chi connectivity index (χ3v) is 3.63. The smallest absolute Gasteiger partial charge is 0.274 e. The van der Waals surface area contributed by atoms with E-state index in [2.05, 4.69) is 38.1 Å². The van der Waals surface area contributed by atoms with Gasteiger partial charge in [0.25, 0.3) is 5.56 Å². The molecule has 2 heterocycles. The van der Waals surface area contributed by atoms with Crippen molar-refractivity contribution in [2.75, 3.05) is 11.9 Å². The van der Waals surface area contributed by atoms with Gasteiger partial charge in [0.05, 0.1) is 6.04 Å². The third kappa shape index (κ3) is 5.46. The zero-order valence-corrected chi connectivity index (χ0v) is 15.5. The molecule has 0 saturated heterocycles. The number of aromatic nitrogens is 2. The second-order valence-electron chi connectivity index (χ2n) is 5.40. The number of amides is 1. The molecule has 132 valence electrons. The number of ether oxygens (including phenoxy) is 1. The molecule has 2 aromatic rings. The van der Waals surface area contributed by atoms with Gasteiger partial charge in [-0.1, -0.05) is 12.6 Å². The molecule has 2 aromatic heterocycles. The average Bonchev–Trinajstić information content (AvgIpc) is 2.57. The number of anilines is 2. The summed E-state index contributed by atoms with van der Waals surface area (Å²) < 4.78 is 7.82. The summed E-state index contributed by atoms with van der Waals surface area (Å²) in [5.41, 5.74) is 0.227. The summed E-state index contributed by atoms with van der Waals surface area (Å²) in [5, 5.41) is 5.69. The van der Waals surface area contributed by atoms with Gasteiger partial charge in [-0.15, -0.1) is 0 Å². The number of carbonyl (C=O) groups is 1. The highest BCUT2D eigenvalue weighted by Gasteiger charge is 2.08. The zero-order chi connectivity index (χ0) is 18.4. The van der Waals surface area contributed by atoms with Gasteiger partial charge in [0.15, 0.2) is 0 Å². The minimum atomic E-state index is -0.259. The summed E-state index contributed by atoms with van der Waals surface area (Å²) >= 11 is 3.35. The number of hydrogen-bond donors (Lipinski definition) is 2. The first kappa shape index (κ1) is 18.7. The minimum Gasteiger partial charge on any atom is -0.475 e. The summed E-state index contributed by atoms with van der Waals surface area (Å²) in [6, 6.07) is 6.69. The summed E-state index contributed by atoms with van der Waals surface area (Å²) in [6.45, 7) is 5.47. The first-order valence-corrected chi connectivity index (χ1v) is 8.34. The van der Waals surface area contributed by atoms with Gasteiger partial charge < -0.3 is 19.9 Å². The number of rotatable bonds is 7. The molecule has 2 rings (SSSR count). The topological polar surface area (TPSA) is 85.2 Å². The van der Waals surface area contributed by atoms with E-state index in [1.807, 2.05) is 6.92 Å². The van der Waals surface area contributed by atoms with E-state index in [1.54, 1.807) is 37.5 Å². The van der Waals surface area contributed by atoms with Gasteiger partial charge in [0.1, 0.15) is 18.1 Å². The molecule has 7 nitrogen and oxygen atoms in total. The molecule has 0 spiro atoms. The lowest BCUT2D eigenvalue weighted by atomic mass is 10.3. The fourth-order valence-electron chi connectivity index (χ4n) is 2.02. The van der Waals surface area contributed by atoms with Crippen LogP contribution in [0.15, 0.2) is 52.4 Å². The maximum Gasteiger partial charge on any atom is 0.274 e. The van der Waals surface area contributed by atoms with E-state index in [0.717, 1.165) is 4.47 Å². The van der Waals surface area contributed by atoms with Crippen molar-refractivity contribution in [2.24, 2.45) is 7.05 Å². The van der Waals surface area contributed by atoms with Gasteiger partial charge in [0.2, 0.25) is 11.8 Å². The Morgan fingerprint density at radius 1 is 1.52 bits per heavy atom. The molecule has 0 bridgehead atoms. The molecular formula is C17H19BrN4O3. The van der Waals surface area contributed by atoms with Crippen LogP contribution in [0.3, 0.4) is 0 Å². The molecular weight excluding hydrogens is 388 g/mol. The lowest BCUT2D eigenvalue weighted by Gasteiger charge is -2.14. The first-order valence-electron chi connectivity index (χ1n) is 7.55. The molecule has 1 amide bonds. The molecule has 0 saturated carbocycles. The highest BCUT2D eigenvalue weighted by atomic mass is 79.9. The van der Waals surface area contributed by atoms with Crippen LogP contribution in [-0.2, 0) is 11.8 Å². The van der Waals surface area contributed by atoms with Crippen molar-refractivity contribution in [2.45, 2.75) is 13.0 Å². The quantitative estimate of drug-likeness (QED) is 0.689. The minimum absolute atomic E-state index is 0.169. The van der Waals surface area contributed by atoms with Crippen LogP contribution in [0.4, 0.5) is 11.5 Å². The molecule has 0 aliphatic carbocycles. The molecule has 0 aromatic carbocycles. The Kier molecular flexibility index (Phi) is 6.35. The van der Waals surface area contributed by atoms with Crippen molar-refractivity contribution in [3.8, 4) is 5.88 Å². The second kappa shape index (κ2) is 8.48. The number of nitrogens with zero attached hydrogens (tertiary/aromatic N) is 2. The van der Waals surface area contributed by atoms with Crippen molar-refractivity contribution in [1.82, 2.24) is 14.9 Å². The fraction of sp³-hybridized carbons (Fsp3) is 0.235. The summed E-state index contributed by atoms with van der Waals surface area (Å²) in [4.78, 5) is 27.7. The predicted molar refractivity (Wildman–Crippen MR) is 100 cm³/mol. The Labute approximate surface area is 153 Å². The summed E-state index contributed by atoms with van der Waals surface area (Å²) in [5.74, 6) is 0.608. The summed E-state index contributed by atoms with van der Waals surface area (Å²) in [7, 11) is 1.67. The Morgan fingerprint density at radius 2 is 2.28 bits per heavy atom. The largest absolute Gasteiger partial charge is 0.475 e. The molecule has 25 heavy (non-hydrogen) atoms. The van der Waals surface area contributed by atoms with Crippen LogP contribution < -0.4 is 20.9 Å². The molecule has 8 heteroatoms. The third-order valence-electron chi connectivity index (χ3n) is 3.19. The van der Waals surface area contributed by atoms with Gasteiger partial charge in [0, 0.05) is 23.8 Å². The molecule has 0 unspecified atom stereocenters. The molecule has 1 atom stereocenters. The number of aryl methyl sites for hydroxylation is 1. The van der Waals surface area contributed by atoms with E-state index < -0.39 is 0 Å². The van der Waals surface area contributed by atoms with Crippen molar-refractivity contribution in [1.29, 1.82) is 0 Å². The number of nitrogens with one attached hydrogen (secondary N) is 2. The Morgan fingerprint density at radius 3 is 3.00 bits per heavy atom. The zero-order valence-electron chi connectivity index (χ0n) is 14.0. The van der Waals surface area contributed by atoms with Gasteiger partial charge in [-0.05, 0) is 41.1 Å². The Balaban J connectivity index is 2.05. The van der Waals surface area contributed by atoms with Crippen molar-refractivity contribution in [3.05, 3.63) is 57.9 Å². The van der Waals surface area contributed by atoms with E-state index in [4.69, 9.17) is 4.74 Å². The Hall–Kier alpha value is -2.61. The normalized spacial score (nSPS) is 11.5. The van der Waals surface area contributed by atoms with Crippen molar-refractivity contribution < 1.29 is 9.53 Å². The molecule has 0 fully saturated rings. The average molecular weight is 407 g/mol. The maximum atomic E-state index is 12.1. The number of carbonyl (C=O) groups excluding carboxylic acids is 1. The van der Waals surface area contributed by atoms with Crippen LogP contribution >= 0.6 is 15.9 Å². The highest BCUT2D eigenvalue weighted by Crippen LogP contribution is 2.18. The number of pyridine rings is 2. The van der Waals surface area contributed by atoms with Gasteiger partial charge in [-0.2, -0.15) is 4.98 Å². The first-order chi connectivity index (χ1) is 11.9. The molecule has 0 aliphatic heterocycles. The maximum absolute atomic E-state index is 12.1. The summed E-state index contributed by atoms with van der Waals surface area (Å²) in [6.07, 6.45) is 2.89. The van der Waals surface area contributed by atoms with Gasteiger partial charge in [-0.25, -0.2) is 0 Å². The number of hydrogen-bond acceptors (Lipinski definition) is 5. The van der Waals surface area contributed by atoms with Gasteiger partial charge in [-0.3, -0.25) is 9.59 Å². The van der Waals surface area contributed by atoms with Crippen LogP contribution in [0.5, 0.6) is 5.88 Å². The monoisotopic (exact) mass is 406 g/mol. The van der Waals surface area contributed by atoms with Gasteiger partial charge >= 0.3 is 0 Å². The van der Waals surface area contributed by atoms with E-state index in [-0.39, 0.29) is 24.1 Å².